The zero-order valence-electron chi connectivity index (χ0n) is 18.1. The number of allylic oxidation sites excluding steroid dienone is 4. The highest BCUT2D eigenvalue weighted by Crippen LogP contribution is 2.31. The van der Waals surface area contributed by atoms with E-state index >= 15 is 0 Å². The Kier molecular flexibility index (Phi) is 9.94. The third kappa shape index (κ3) is 8.25. The zero-order valence-corrected chi connectivity index (χ0v) is 18.1. The number of halogens is 3. The van der Waals surface area contributed by atoms with Gasteiger partial charge in [-0.3, -0.25) is 5.01 Å². The summed E-state index contributed by atoms with van der Waals surface area (Å²) < 4.78 is 44.2. The van der Waals surface area contributed by atoms with Gasteiger partial charge in [0.2, 0.25) is 0 Å². The van der Waals surface area contributed by atoms with Gasteiger partial charge in [-0.15, -0.1) is 0 Å². The van der Waals surface area contributed by atoms with Crippen LogP contribution in [0.4, 0.5) is 29.3 Å². The van der Waals surface area contributed by atoms with E-state index in [1.807, 2.05) is 0 Å². The van der Waals surface area contributed by atoms with Crippen molar-refractivity contribution in [1.29, 1.82) is 0 Å². The lowest BCUT2D eigenvalue weighted by Crippen LogP contribution is -2.30. The fourth-order valence-corrected chi connectivity index (χ4v) is 2.53. The van der Waals surface area contributed by atoms with Crippen molar-refractivity contribution in [3.63, 3.8) is 0 Å². The van der Waals surface area contributed by atoms with Crippen molar-refractivity contribution in [2.45, 2.75) is 46.2 Å². The number of rotatable bonds is 9. The number of hydrazine groups is 1. The number of carbonyl (C=O) groups excluding carboxylic acids is 1. The average Bonchev–Trinajstić information content (AvgIpc) is 2.70. The minimum absolute atomic E-state index is 0.305. The monoisotopic (exact) mass is 441 g/mol. The van der Waals surface area contributed by atoms with Gasteiger partial charge in [-0.2, -0.15) is 13.2 Å². The molecule has 0 unspecified atom stereocenters. The van der Waals surface area contributed by atoms with Crippen LogP contribution in [0.1, 0.15) is 40.0 Å². The highest BCUT2D eigenvalue weighted by molar-refractivity contribution is 5.91. The summed E-state index contributed by atoms with van der Waals surface area (Å²) in [5.74, 6) is 6.39. The summed E-state index contributed by atoms with van der Waals surface area (Å²) in [6, 6.07) is 3.81. The van der Waals surface area contributed by atoms with E-state index in [0.717, 1.165) is 19.8 Å². The van der Waals surface area contributed by atoms with Gasteiger partial charge in [-0.1, -0.05) is 19.4 Å². The number of ether oxygens (including phenoxy) is 1. The molecule has 31 heavy (non-hydrogen) atoms. The van der Waals surface area contributed by atoms with Crippen molar-refractivity contribution < 1.29 is 22.7 Å². The molecular weight excluding hydrogens is 411 g/mol. The van der Waals surface area contributed by atoms with Gasteiger partial charge in [-0.25, -0.2) is 10.6 Å². The molecule has 0 aliphatic carbocycles. The third-order valence-electron chi connectivity index (χ3n) is 4.25. The van der Waals surface area contributed by atoms with E-state index in [2.05, 4.69) is 17.6 Å². The van der Waals surface area contributed by atoms with Crippen LogP contribution in [0.2, 0.25) is 0 Å². The molecule has 1 rings (SSSR count). The SMILES string of the molecule is C/C=C\C(NC(=O)Nc1ccc(N(N)/C=C(\N)CCCC)c(OC)c1)=C(/C)C(F)(F)F. The molecule has 2 amide bonds. The Hall–Kier alpha value is -3.14. The molecule has 7 nitrogen and oxygen atoms in total. The van der Waals surface area contributed by atoms with Crippen molar-refractivity contribution in [3.05, 3.63) is 53.5 Å². The van der Waals surface area contributed by atoms with Crippen LogP contribution in [0, 0.1) is 0 Å². The Balaban J connectivity index is 3.01. The number of unbranched alkanes of at least 4 members (excludes halogenated alkanes) is 1. The van der Waals surface area contributed by atoms with E-state index in [4.69, 9.17) is 16.3 Å². The lowest BCUT2D eigenvalue weighted by Gasteiger charge is -2.19. The summed E-state index contributed by atoms with van der Waals surface area (Å²) in [6.45, 7) is 4.50. The number of hydrogen-bond donors (Lipinski definition) is 4. The van der Waals surface area contributed by atoms with Gasteiger partial charge in [-0.05, 0) is 44.9 Å². The standard InChI is InChI=1S/C21H30F3N5O2/c1-5-7-9-15(25)13-29(26)18-11-10-16(12-19(18)31-4)27-20(30)28-17(8-6-2)14(3)21(22,23)24/h6,8,10-13H,5,7,9,25-26H2,1-4H3,(H2,27,28,30)/b8-6-,15-13-,17-14-. The van der Waals surface area contributed by atoms with E-state index in [9.17, 15) is 18.0 Å². The quantitative estimate of drug-likeness (QED) is 0.248. The predicted octanol–water partition coefficient (Wildman–Crippen LogP) is 4.90. The molecular formula is C21H30F3N5O2. The van der Waals surface area contributed by atoms with E-state index in [-0.39, 0.29) is 5.70 Å². The topological polar surface area (TPSA) is 106 Å². The van der Waals surface area contributed by atoms with Crippen LogP contribution in [0.25, 0.3) is 0 Å². The van der Waals surface area contributed by atoms with E-state index in [1.165, 1.54) is 30.3 Å². The lowest BCUT2D eigenvalue weighted by atomic mass is 10.2. The minimum atomic E-state index is -4.57. The van der Waals surface area contributed by atoms with Gasteiger partial charge in [0.05, 0.1) is 18.4 Å². The van der Waals surface area contributed by atoms with Gasteiger partial charge in [0.1, 0.15) is 5.75 Å². The van der Waals surface area contributed by atoms with Gasteiger partial charge >= 0.3 is 12.2 Å². The molecule has 172 valence electrons. The summed E-state index contributed by atoms with van der Waals surface area (Å²) in [6.07, 6.45) is 2.23. The molecule has 0 bridgehead atoms. The number of carbonyl (C=O) groups is 1. The number of nitrogens with two attached hydrogens (primary N) is 2. The molecule has 0 heterocycles. The molecule has 1 aromatic carbocycles. The van der Waals surface area contributed by atoms with Crippen LogP contribution in [0.3, 0.4) is 0 Å². The first kappa shape index (κ1) is 25.9. The average molecular weight is 441 g/mol. The zero-order chi connectivity index (χ0) is 23.6. The predicted molar refractivity (Wildman–Crippen MR) is 117 cm³/mol. The summed E-state index contributed by atoms with van der Waals surface area (Å²) in [5, 5.41) is 6.01. The van der Waals surface area contributed by atoms with Gasteiger partial charge in [0.15, 0.2) is 0 Å². The Morgan fingerprint density at radius 2 is 2.00 bits per heavy atom. The number of benzene rings is 1. The van der Waals surface area contributed by atoms with Crippen LogP contribution in [0.5, 0.6) is 5.75 Å². The Morgan fingerprint density at radius 1 is 1.32 bits per heavy atom. The number of amides is 2. The normalized spacial score (nSPS) is 13.1. The van der Waals surface area contributed by atoms with Crippen molar-refractivity contribution in [3.8, 4) is 5.75 Å². The molecule has 0 saturated carbocycles. The fourth-order valence-electron chi connectivity index (χ4n) is 2.53. The molecule has 10 heteroatoms. The van der Waals surface area contributed by atoms with E-state index in [0.29, 0.717) is 29.2 Å². The van der Waals surface area contributed by atoms with Crippen LogP contribution < -0.4 is 32.0 Å². The summed E-state index contributed by atoms with van der Waals surface area (Å²) >= 11 is 0. The van der Waals surface area contributed by atoms with Gasteiger partial charge in [0.25, 0.3) is 0 Å². The van der Waals surface area contributed by atoms with Crippen LogP contribution in [0.15, 0.2) is 53.5 Å². The third-order valence-corrected chi connectivity index (χ3v) is 4.25. The highest BCUT2D eigenvalue weighted by Gasteiger charge is 2.32. The molecule has 0 aliphatic heterocycles. The molecule has 0 spiro atoms. The molecule has 0 atom stereocenters. The van der Waals surface area contributed by atoms with Crippen molar-refractivity contribution in [2.75, 3.05) is 17.4 Å². The summed E-state index contributed by atoms with van der Waals surface area (Å²) in [7, 11) is 1.43. The van der Waals surface area contributed by atoms with Crippen LogP contribution in [-0.2, 0) is 0 Å². The van der Waals surface area contributed by atoms with Crippen LogP contribution >= 0.6 is 0 Å². The summed E-state index contributed by atoms with van der Waals surface area (Å²) in [5.41, 5.74) is 6.10. The van der Waals surface area contributed by atoms with Gasteiger partial charge in [0, 0.05) is 29.3 Å². The number of anilines is 2. The van der Waals surface area contributed by atoms with Crippen molar-refractivity contribution >= 4 is 17.4 Å². The molecule has 1 aromatic rings. The maximum atomic E-state index is 13.0. The highest BCUT2D eigenvalue weighted by atomic mass is 19.4. The number of nitrogens with zero attached hydrogens (tertiary/aromatic N) is 1. The maximum Gasteiger partial charge on any atom is 0.414 e. The number of methoxy groups -OCH3 is 1. The fraction of sp³-hybridized carbons (Fsp3) is 0.381. The first-order chi connectivity index (χ1) is 14.5. The first-order valence-electron chi connectivity index (χ1n) is 9.70. The van der Waals surface area contributed by atoms with Crippen molar-refractivity contribution in [1.82, 2.24) is 5.32 Å². The molecule has 0 fully saturated rings. The van der Waals surface area contributed by atoms with E-state index in [1.54, 1.807) is 25.3 Å². The second-order valence-corrected chi connectivity index (χ2v) is 6.72. The number of urea groups is 1. The largest absolute Gasteiger partial charge is 0.494 e. The molecule has 0 aliphatic rings. The maximum absolute atomic E-state index is 13.0. The van der Waals surface area contributed by atoms with Crippen molar-refractivity contribution in [2.24, 2.45) is 11.6 Å². The van der Waals surface area contributed by atoms with Gasteiger partial charge < -0.3 is 21.1 Å². The molecule has 0 saturated heterocycles. The lowest BCUT2D eigenvalue weighted by molar-refractivity contribution is -0.0921. The Bertz CT molecular complexity index is 848. The molecule has 6 N–H and O–H groups in total. The van der Waals surface area contributed by atoms with E-state index < -0.39 is 17.8 Å². The second-order valence-electron chi connectivity index (χ2n) is 6.72. The second kappa shape index (κ2) is 11.9. The number of hydrogen-bond acceptors (Lipinski definition) is 5. The number of alkyl halides is 3. The minimum Gasteiger partial charge on any atom is -0.494 e. The molecule has 0 aromatic heterocycles. The smallest absolute Gasteiger partial charge is 0.414 e. The molecule has 0 radical (unpaired) electrons. The Labute approximate surface area is 180 Å². The Morgan fingerprint density at radius 3 is 2.55 bits per heavy atom. The summed E-state index contributed by atoms with van der Waals surface area (Å²) in [4.78, 5) is 12.2. The van der Waals surface area contributed by atoms with Crippen LogP contribution in [-0.4, -0.2) is 19.3 Å². The first-order valence-corrected chi connectivity index (χ1v) is 9.70. The number of nitrogens with one attached hydrogen (secondary N) is 2.